The van der Waals surface area contributed by atoms with Crippen molar-refractivity contribution in [2.75, 3.05) is 12.8 Å². The van der Waals surface area contributed by atoms with Crippen LogP contribution in [0, 0.1) is 0 Å². The molecule has 1 atom stereocenters. The topological polar surface area (TPSA) is 69.6 Å². The van der Waals surface area contributed by atoms with E-state index in [9.17, 15) is 14.6 Å². The Kier molecular flexibility index (Phi) is 8.77. The molecule has 6 heteroatoms. The maximum absolute atomic E-state index is 11.8. The average Bonchev–Trinajstić information content (AvgIpc) is 2.34. The van der Waals surface area contributed by atoms with Crippen LogP contribution in [0.1, 0.15) is 65.2 Å². The van der Waals surface area contributed by atoms with Gasteiger partial charge < -0.3 is 19.1 Å². The molecule has 1 aromatic carbocycles. The summed E-state index contributed by atoms with van der Waals surface area (Å²) in [4.78, 5) is 11.8. The number of phenols is 1. The van der Waals surface area contributed by atoms with Gasteiger partial charge in [0.2, 0.25) is 0 Å². The summed E-state index contributed by atoms with van der Waals surface area (Å²) in [6.45, 7) is 14.1. The fourth-order valence-corrected chi connectivity index (χ4v) is 3.56. The van der Waals surface area contributed by atoms with Gasteiger partial charge in [-0.25, -0.2) is 0 Å². The van der Waals surface area contributed by atoms with Crippen LogP contribution in [0.4, 0.5) is 0 Å². The molecule has 0 aliphatic carbocycles. The molecule has 132 valence electrons. The zero-order chi connectivity index (χ0) is 18.1. The molecule has 0 saturated carbocycles. The van der Waals surface area contributed by atoms with Crippen molar-refractivity contribution in [2.45, 2.75) is 65.7 Å². The fourth-order valence-electron chi connectivity index (χ4n) is 2.51. The number of hydrogen-bond acceptors (Lipinski definition) is 4. The predicted octanol–water partition coefficient (Wildman–Crippen LogP) is 1.12. The van der Waals surface area contributed by atoms with Gasteiger partial charge in [0, 0.05) is 6.16 Å². The van der Waals surface area contributed by atoms with Crippen molar-refractivity contribution >= 4 is 7.60 Å². The third kappa shape index (κ3) is 6.82. The van der Waals surface area contributed by atoms with Crippen LogP contribution in [0.15, 0.2) is 12.1 Å². The first kappa shape index (κ1) is 24.2. The van der Waals surface area contributed by atoms with Crippen LogP contribution in [0.5, 0.6) is 5.75 Å². The van der Waals surface area contributed by atoms with E-state index < -0.39 is 7.60 Å². The van der Waals surface area contributed by atoms with Gasteiger partial charge in [0.1, 0.15) is 13.3 Å². The van der Waals surface area contributed by atoms with Gasteiger partial charge in [-0.05, 0) is 40.9 Å². The first-order chi connectivity index (χ1) is 10.3. The molecule has 1 rings (SSSR count). The van der Waals surface area contributed by atoms with E-state index >= 15 is 0 Å². The van der Waals surface area contributed by atoms with Crippen molar-refractivity contribution in [3.05, 3.63) is 28.8 Å². The van der Waals surface area contributed by atoms with E-state index in [0.717, 1.165) is 16.7 Å². The van der Waals surface area contributed by atoms with Gasteiger partial charge in [0.05, 0.1) is 6.61 Å². The van der Waals surface area contributed by atoms with Crippen LogP contribution in [0.3, 0.4) is 0 Å². The van der Waals surface area contributed by atoms with Crippen molar-refractivity contribution in [3.63, 3.8) is 0 Å². The molecule has 0 fully saturated rings. The van der Waals surface area contributed by atoms with Crippen LogP contribution in [0.25, 0.3) is 0 Å². The van der Waals surface area contributed by atoms with Crippen molar-refractivity contribution in [3.8, 4) is 5.75 Å². The Morgan fingerprint density at radius 2 is 1.50 bits per heavy atom. The van der Waals surface area contributed by atoms with Gasteiger partial charge in [0.15, 0.2) is 0 Å². The third-order valence-corrected chi connectivity index (χ3v) is 5.21. The van der Waals surface area contributed by atoms with Crippen LogP contribution in [-0.2, 0) is 26.3 Å². The van der Waals surface area contributed by atoms with Crippen LogP contribution in [0.2, 0.25) is 0 Å². The SMILES string of the molecule is CCOP(=O)([O-])CCc1cc(C(C)(C)C)c(O)c(C(C)(C)C)c1.[Na+]. The summed E-state index contributed by atoms with van der Waals surface area (Å²) in [6.07, 6.45) is 0.353. The monoisotopic (exact) mass is 364 g/mol. The first-order valence-electron chi connectivity index (χ1n) is 8.09. The number of phenolic OH excluding ortho intramolecular Hbond substituents is 1. The quantitative estimate of drug-likeness (QED) is 0.628. The Morgan fingerprint density at radius 3 is 1.83 bits per heavy atom. The summed E-state index contributed by atoms with van der Waals surface area (Å²) >= 11 is 0. The molecule has 0 heterocycles. The van der Waals surface area contributed by atoms with E-state index in [-0.39, 0.29) is 53.2 Å². The van der Waals surface area contributed by atoms with E-state index in [1.165, 1.54) is 0 Å². The number of hydrogen-bond donors (Lipinski definition) is 1. The van der Waals surface area contributed by atoms with Crippen molar-refractivity contribution in [1.29, 1.82) is 0 Å². The smallest absolute Gasteiger partial charge is 0.778 e. The van der Waals surface area contributed by atoms with Crippen molar-refractivity contribution in [2.24, 2.45) is 0 Å². The molecule has 1 unspecified atom stereocenters. The number of rotatable bonds is 5. The second-order valence-electron chi connectivity index (χ2n) is 8.04. The number of aromatic hydroxyl groups is 1. The summed E-state index contributed by atoms with van der Waals surface area (Å²) in [6, 6.07) is 3.83. The molecule has 1 aromatic rings. The van der Waals surface area contributed by atoms with Gasteiger partial charge in [-0.1, -0.05) is 53.7 Å². The van der Waals surface area contributed by atoms with E-state index in [4.69, 9.17) is 4.52 Å². The average molecular weight is 364 g/mol. The zero-order valence-corrected chi connectivity index (χ0v) is 19.3. The van der Waals surface area contributed by atoms with E-state index in [0.29, 0.717) is 12.2 Å². The normalized spacial score (nSPS) is 14.8. The molecule has 0 bridgehead atoms. The molecule has 0 aliphatic rings. The van der Waals surface area contributed by atoms with E-state index in [2.05, 4.69) is 0 Å². The first-order valence-corrected chi connectivity index (χ1v) is 9.82. The van der Waals surface area contributed by atoms with Gasteiger partial charge >= 0.3 is 29.6 Å². The summed E-state index contributed by atoms with van der Waals surface area (Å²) in [5.41, 5.74) is 2.16. The second-order valence-corrected chi connectivity index (χ2v) is 9.97. The molecule has 0 aromatic heterocycles. The summed E-state index contributed by atoms with van der Waals surface area (Å²) < 4.78 is 16.6. The van der Waals surface area contributed by atoms with E-state index in [1.54, 1.807) is 6.92 Å². The molecule has 0 amide bonds. The fraction of sp³-hybridized carbons (Fsp3) is 0.667. The van der Waals surface area contributed by atoms with Gasteiger partial charge in [-0.3, -0.25) is 0 Å². The van der Waals surface area contributed by atoms with Crippen LogP contribution in [-0.4, -0.2) is 17.9 Å². The Balaban J connectivity index is 0.00000529. The van der Waals surface area contributed by atoms with Crippen LogP contribution >= 0.6 is 7.60 Å². The van der Waals surface area contributed by atoms with Crippen molar-refractivity contribution in [1.82, 2.24) is 0 Å². The Bertz CT molecular complexity index is 565. The molecule has 24 heavy (non-hydrogen) atoms. The molecule has 1 N–H and O–H groups in total. The minimum absolute atomic E-state index is 0. The summed E-state index contributed by atoms with van der Waals surface area (Å²) in [7, 11) is -3.79. The van der Waals surface area contributed by atoms with Gasteiger partial charge in [0.25, 0.3) is 0 Å². The second kappa shape index (κ2) is 8.70. The maximum Gasteiger partial charge on any atom is 1.00 e. The van der Waals surface area contributed by atoms with Crippen molar-refractivity contribution < 1.29 is 48.6 Å². The van der Waals surface area contributed by atoms with E-state index in [1.807, 2.05) is 53.7 Å². The van der Waals surface area contributed by atoms with Gasteiger partial charge in [-0.15, -0.1) is 0 Å². The molecule has 0 spiro atoms. The molecular formula is C18H30NaO4P. The summed E-state index contributed by atoms with van der Waals surface area (Å²) in [5, 5.41) is 10.7. The molecule has 0 saturated heterocycles. The number of aryl methyl sites for hydroxylation is 1. The Morgan fingerprint density at radius 1 is 1.08 bits per heavy atom. The Labute approximate surface area is 168 Å². The largest absolute Gasteiger partial charge is 1.00 e. The minimum Gasteiger partial charge on any atom is -0.778 e. The maximum atomic E-state index is 11.8. The third-order valence-electron chi connectivity index (χ3n) is 3.79. The molecule has 0 aliphatic heterocycles. The van der Waals surface area contributed by atoms with Crippen LogP contribution < -0.4 is 34.5 Å². The number of benzene rings is 1. The van der Waals surface area contributed by atoms with Gasteiger partial charge in [-0.2, -0.15) is 0 Å². The summed E-state index contributed by atoms with van der Waals surface area (Å²) in [5.74, 6) is 0.309. The molecule has 0 radical (unpaired) electrons. The minimum atomic E-state index is -3.79. The predicted molar refractivity (Wildman–Crippen MR) is 93.3 cm³/mol. The molecular weight excluding hydrogens is 334 g/mol. The molecule has 4 nitrogen and oxygen atoms in total. The zero-order valence-electron chi connectivity index (χ0n) is 16.4. The Hall–Kier alpha value is 0.170. The standard InChI is InChI=1S/C18H31O4P.Na/c1-8-22-23(20,21)10-9-13-11-14(17(2,3)4)16(19)15(12-13)18(5,6)7;/h11-12,19H,8-10H2,1-7H3,(H,20,21);/q;+1/p-1.